The minimum atomic E-state index is -4.94. The fourth-order valence-electron chi connectivity index (χ4n) is 9.53. The van der Waals surface area contributed by atoms with Gasteiger partial charge in [-0.3, -0.25) is 37.3 Å². The number of aliphatic hydroxyl groups is 1. The number of esters is 4. The highest BCUT2D eigenvalue weighted by molar-refractivity contribution is 7.47. The number of ether oxygens (including phenoxy) is 4. The van der Waals surface area contributed by atoms with Gasteiger partial charge >= 0.3 is 39.5 Å². The average Bonchev–Trinajstić information content (AvgIpc) is 3.44. The quantitative estimate of drug-likeness (QED) is 0.0222. The number of rotatable bonds is 63. The lowest BCUT2D eigenvalue weighted by molar-refractivity contribution is -0.161. The molecule has 0 amide bonds. The largest absolute Gasteiger partial charge is 0.472 e. The number of hydrogen-bond donors (Lipinski definition) is 3. The van der Waals surface area contributed by atoms with E-state index in [0.717, 1.165) is 115 Å². The molecule has 83 heavy (non-hydrogen) atoms. The Bertz CT molecular complexity index is 1630. The average molecular weight is 1230 g/mol. The van der Waals surface area contributed by atoms with Crippen LogP contribution in [0.5, 0.6) is 0 Å². The predicted molar refractivity (Wildman–Crippen MR) is 331 cm³/mol. The fourth-order valence-corrected chi connectivity index (χ4v) is 11.1. The maximum Gasteiger partial charge on any atom is 0.472 e. The molecule has 3 N–H and O–H groups in total. The highest BCUT2D eigenvalue weighted by atomic mass is 31.2. The first kappa shape index (κ1) is 81.1. The second kappa shape index (κ2) is 56.6. The Kier molecular flexibility index (Phi) is 55.2. The summed E-state index contributed by atoms with van der Waals surface area (Å²) in [6, 6.07) is 0. The van der Waals surface area contributed by atoms with E-state index < -0.39 is 97.5 Å². The molecule has 0 fully saturated rings. The Morgan fingerprint density at radius 2 is 0.554 bits per heavy atom. The molecule has 492 valence electrons. The van der Waals surface area contributed by atoms with E-state index in [9.17, 15) is 43.2 Å². The van der Waals surface area contributed by atoms with E-state index in [1.165, 1.54) is 122 Å². The normalized spacial score (nSPS) is 14.3. The van der Waals surface area contributed by atoms with Crippen molar-refractivity contribution < 1.29 is 80.2 Å². The monoisotopic (exact) mass is 1230 g/mol. The summed E-state index contributed by atoms with van der Waals surface area (Å²) in [6.45, 7) is 9.44. The molecule has 0 saturated carbocycles. The molecule has 0 aromatic rings. The summed E-state index contributed by atoms with van der Waals surface area (Å²) in [7, 11) is -9.88. The molecule has 0 bridgehead atoms. The number of carbonyl (C=O) groups excluding carboxylic acids is 4. The summed E-state index contributed by atoms with van der Waals surface area (Å²) in [5.74, 6) is -0.614. The molecule has 0 aliphatic rings. The van der Waals surface area contributed by atoms with Crippen molar-refractivity contribution in [3.8, 4) is 0 Å². The van der Waals surface area contributed by atoms with Crippen molar-refractivity contribution in [3.05, 3.63) is 0 Å². The van der Waals surface area contributed by atoms with Gasteiger partial charge in [0.1, 0.15) is 19.3 Å². The van der Waals surface area contributed by atoms with Crippen molar-refractivity contribution >= 4 is 39.5 Å². The number of phosphoric acid groups is 2. The Morgan fingerprint density at radius 1 is 0.325 bits per heavy atom. The Hall–Kier alpha value is -1.94. The summed E-state index contributed by atoms with van der Waals surface area (Å²) in [5, 5.41) is 10.5. The zero-order chi connectivity index (χ0) is 61.5. The molecule has 5 atom stereocenters. The van der Waals surface area contributed by atoms with Gasteiger partial charge in [0.2, 0.25) is 0 Å². The smallest absolute Gasteiger partial charge is 0.462 e. The van der Waals surface area contributed by atoms with Gasteiger partial charge in [-0.05, 0) is 37.5 Å². The summed E-state index contributed by atoms with van der Waals surface area (Å²) in [5.41, 5.74) is 0. The standard InChI is InChI=1S/C64H124O17P2/c1-7-9-11-13-15-21-30-36-42-48-63(68)80-59(52-74-61(66)46-40-34-26-14-12-10-8-2)54-78-82(70,71)76-50-58(65)51-77-83(72,73)79-55-60(53-75-62(67)47-41-35-29-24-20-19-23-28-33-39-45-57(5)6)81-64(69)49-43-37-31-25-18-16-17-22-27-32-38-44-56(3)4/h56-60,65H,7-55H2,1-6H3,(H,70,71)(H,72,73)/t58-,59+,60+/m0/s1. The van der Waals surface area contributed by atoms with Gasteiger partial charge in [-0.1, -0.05) is 266 Å². The van der Waals surface area contributed by atoms with E-state index in [1.54, 1.807) is 0 Å². The van der Waals surface area contributed by atoms with Gasteiger partial charge in [0.05, 0.1) is 26.4 Å². The number of aliphatic hydroxyl groups excluding tert-OH is 1. The van der Waals surface area contributed by atoms with Crippen LogP contribution in [0.3, 0.4) is 0 Å². The highest BCUT2D eigenvalue weighted by Crippen LogP contribution is 2.45. The van der Waals surface area contributed by atoms with Crippen molar-refractivity contribution in [1.29, 1.82) is 0 Å². The molecule has 19 heteroatoms. The lowest BCUT2D eigenvalue weighted by Crippen LogP contribution is -2.30. The molecular formula is C64H124O17P2. The first-order valence-corrected chi connectivity index (χ1v) is 36.5. The van der Waals surface area contributed by atoms with Crippen LogP contribution in [0, 0.1) is 11.8 Å². The highest BCUT2D eigenvalue weighted by Gasteiger charge is 2.30. The van der Waals surface area contributed by atoms with Crippen LogP contribution in [0.15, 0.2) is 0 Å². The van der Waals surface area contributed by atoms with Crippen LogP contribution >= 0.6 is 15.6 Å². The van der Waals surface area contributed by atoms with Crippen molar-refractivity contribution in [1.82, 2.24) is 0 Å². The molecule has 0 radical (unpaired) electrons. The SMILES string of the molecule is CCCCCCCCCCCC(=O)O[C@H](COC(=O)CCCCCCCCC)COP(=O)(O)OC[C@H](O)COP(=O)(O)OC[C@@H](COC(=O)CCCCCCCCCCCCC(C)C)OC(=O)CCCCCCCCCCCCCC(C)C. The maximum atomic E-state index is 13.0. The molecule has 0 heterocycles. The van der Waals surface area contributed by atoms with E-state index in [1.807, 2.05) is 0 Å². The molecule has 0 aromatic heterocycles. The van der Waals surface area contributed by atoms with Gasteiger partial charge in [-0.2, -0.15) is 0 Å². The number of unbranched alkanes of at least 4 members (excludes halogenated alkanes) is 33. The second-order valence-corrected chi connectivity index (χ2v) is 27.0. The number of phosphoric ester groups is 2. The van der Waals surface area contributed by atoms with Gasteiger partial charge in [0.15, 0.2) is 12.2 Å². The minimum Gasteiger partial charge on any atom is -0.462 e. The van der Waals surface area contributed by atoms with Gasteiger partial charge in [-0.25, -0.2) is 9.13 Å². The Balaban J connectivity index is 5.21. The van der Waals surface area contributed by atoms with Gasteiger partial charge in [-0.15, -0.1) is 0 Å². The lowest BCUT2D eigenvalue weighted by atomic mass is 10.0. The van der Waals surface area contributed by atoms with Crippen LogP contribution in [0.25, 0.3) is 0 Å². The van der Waals surface area contributed by atoms with Crippen LogP contribution in [-0.4, -0.2) is 96.7 Å². The molecule has 0 aromatic carbocycles. The van der Waals surface area contributed by atoms with Crippen molar-refractivity contribution in [2.45, 2.75) is 336 Å². The molecule has 17 nitrogen and oxygen atoms in total. The summed E-state index contributed by atoms with van der Waals surface area (Å²) in [4.78, 5) is 72.1. The molecule has 0 aliphatic heterocycles. The first-order valence-electron chi connectivity index (χ1n) is 33.5. The van der Waals surface area contributed by atoms with Gasteiger partial charge in [0.25, 0.3) is 0 Å². The molecule has 0 aliphatic carbocycles. The maximum absolute atomic E-state index is 13.0. The van der Waals surface area contributed by atoms with E-state index in [-0.39, 0.29) is 25.7 Å². The van der Waals surface area contributed by atoms with Gasteiger partial charge < -0.3 is 33.8 Å². The molecule has 0 rings (SSSR count). The van der Waals surface area contributed by atoms with Crippen LogP contribution in [0.2, 0.25) is 0 Å². The predicted octanol–water partition coefficient (Wildman–Crippen LogP) is 17.7. The van der Waals surface area contributed by atoms with Crippen LogP contribution in [-0.2, 0) is 65.4 Å². The summed E-state index contributed by atoms with van der Waals surface area (Å²) >= 11 is 0. The third-order valence-corrected chi connectivity index (χ3v) is 16.6. The molecular weight excluding hydrogens is 1100 g/mol. The van der Waals surface area contributed by atoms with Crippen LogP contribution < -0.4 is 0 Å². The Morgan fingerprint density at radius 3 is 0.819 bits per heavy atom. The van der Waals surface area contributed by atoms with E-state index >= 15 is 0 Å². The van der Waals surface area contributed by atoms with Crippen LogP contribution in [0.4, 0.5) is 0 Å². The van der Waals surface area contributed by atoms with E-state index in [4.69, 9.17) is 37.0 Å². The molecule has 0 spiro atoms. The van der Waals surface area contributed by atoms with E-state index in [2.05, 4.69) is 41.5 Å². The fraction of sp³-hybridized carbons (Fsp3) is 0.938. The second-order valence-electron chi connectivity index (χ2n) is 24.1. The first-order chi connectivity index (χ1) is 39.9. The van der Waals surface area contributed by atoms with Crippen molar-refractivity contribution in [2.24, 2.45) is 11.8 Å². The minimum absolute atomic E-state index is 0.105. The number of carbonyl (C=O) groups is 4. The van der Waals surface area contributed by atoms with Crippen molar-refractivity contribution in [3.63, 3.8) is 0 Å². The zero-order valence-electron chi connectivity index (χ0n) is 53.5. The zero-order valence-corrected chi connectivity index (χ0v) is 55.3. The molecule has 0 saturated heterocycles. The Labute approximate surface area is 505 Å². The van der Waals surface area contributed by atoms with Crippen molar-refractivity contribution in [2.75, 3.05) is 39.6 Å². The topological polar surface area (TPSA) is 237 Å². The third kappa shape index (κ3) is 58.8. The van der Waals surface area contributed by atoms with Crippen LogP contribution in [0.1, 0.15) is 318 Å². The third-order valence-electron chi connectivity index (χ3n) is 14.7. The van der Waals surface area contributed by atoms with Gasteiger partial charge in [0, 0.05) is 25.7 Å². The number of hydrogen-bond acceptors (Lipinski definition) is 15. The molecule has 2 unspecified atom stereocenters. The lowest BCUT2D eigenvalue weighted by Gasteiger charge is -2.21. The summed E-state index contributed by atoms with van der Waals surface area (Å²) < 4.78 is 67.9. The van der Waals surface area contributed by atoms with E-state index in [0.29, 0.717) is 25.7 Å². The summed E-state index contributed by atoms with van der Waals surface area (Å²) in [6.07, 6.45) is 39.0.